The van der Waals surface area contributed by atoms with E-state index in [0.717, 1.165) is 5.56 Å². The summed E-state index contributed by atoms with van der Waals surface area (Å²) in [5.41, 5.74) is 5.32. The summed E-state index contributed by atoms with van der Waals surface area (Å²) in [5.74, 6) is -3.36. The van der Waals surface area contributed by atoms with Gasteiger partial charge in [-0.05, 0) is 59.2 Å². The van der Waals surface area contributed by atoms with Crippen molar-refractivity contribution in [3.8, 4) is 0 Å². The van der Waals surface area contributed by atoms with Crippen molar-refractivity contribution < 1.29 is 33.4 Å². The Bertz CT molecular complexity index is 1330. The second-order valence-electron chi connectivity index (χ2n) is 12.2. The highest BCUT2D eigenvalue weighted by atomic mass is 16.6. The summed E-state index contributed by atoms with van der Waals surface area (Å²) in [6.07, 6.45) is -0.570. The number of nitrogens with one attached hydrogen (secondary N) is 4. The monoisotopic (exact) mass is 609 g/mol. The molecule has 2 aromatic rings. The van der Waals surface area contributed by atoms with E-state index in [4.69, 9.17) is 20.6 Å². The Labute approximate surface area is 257 Å². The first kappa shape index (κ1) is 35.5. The minimum absolute atomic E-state index is 0.0611. The number of carbonyl (C=O) groups excluding carboxylic acids is 5. The zero-order chi connectivity index (χ0) is 33.1. The van der Waals surface area contributed by atoms with Crippen LogP contribution in [0.4, 0.5) is 0 Å². The van der Waals surface area contributed by atoms with Crippen LogP contribution in [0.2, 0.25) is 0 Å². The molecule has 6 N–H and O–H groups in total. The molecule has 0 aromatic heterocycles. The fourth-order valence-corrected chi connectivity index (χ4v) is 3.91. The van der Waals surface area contributed by atoms with E-state index in [0.29, 0.717) is 11.1 Å². The molecule has 0 heterocycles. The van der Waals surface area contributed by atoms with Gasteiger partial charge < -0.3 is 31.2 Å². The van der Waals surface area contributed by atoms with Gasteiger partial charge in [0.15, 0.2) is 0 Å². The van der Waals surface area contributed by atoms with Gasteiger partial charge in [-0.1, -0.05) is 42.5 Å². The average molecular weight is 610 g/mol. The number of esters is 2. The molecule has 2 aromatic carbocycles. The van der Waals surface area contributed by atoms with Gasteiger partial charge >= 0.3 is 11.9 Å². The molecule has 0 saturated heterocycles. The van der Waals surface area contributed by atoms with Crippen molar-refractivity contribution in [1.29, 1.82) is 5.41 Å². The molecule has 12 heteroatoms. The molecule has 238 valence electrons. The molecule has 0 fully saturated rings. The number of carbonyl (C=O) groups is 5. The highest BCUT2D eigenvalue weighted by Gasteiger charge is 2.32. The molecule has 0 bridgehead atoms. The van der Waals surface area contributed by atoms with Gasteiger partial charge in [0.1, 0.15) is 29.1 Å². The van der Waals surface area contributed by atoms with Crippen molar-refractivity contribution >= 4 is 35.5 Å². The number of hydrogen-bond acceptors (Lipinski definition) is 8. The van der Waals surface area contributed by atoms with Crippen LogP contribution in [0.3, 0.4) is 0 Å². The second-order valence-corrected chi connectivity index (χ2v) is 12.2. The zero-order valence-electron chi connectivity index (χ0n) is 26.1. The number of nitrogen functional groups attached to an aromatic ring is 1. The summed E-state index contributed by atoms with van der Waals surface area (Å²) >= 11 is 0. The largest absolute Gasteiger partial charge is 0.460 e. The molecule has 2 rings (SSSR count). The molecular formula is C32H43N5O7. The normalized spacial score (nSPS) is 12.7. The summed E-state index contributed by atoms with van der Waals surface area (Å²) in [6.45, 7) is 10.1. The first-order chi connectivity index (χ1) is 20.4. The topological polar surface area (TPSA) is 190 Å². The molecule has 0 unspecified atom stereocenters. The third-order valence-corrected chi connectivity index (χ3v) is 5.83. The van der Waals surface area contributed by atoms with Gasteiger partial charge in [0.2, 0.25) is 11.8 Å². The van der Waals surface area contributed by atoms with Gasteiger partial charge in [-0.2, -0.15) is 0 Å². The minimum atomic E-state index is -1.37. The Hall–Kier alpha value is -4.74. The van der Waals surface area contributed by atoms with E-state index >= 15 is 0 Å². The molecule has 0 spiro atoms. The Morgan fingerprint density at radius 3 is 1.91 bits per heavy atom. The Kier molecular flexibility index (Phi) is 12.6. The van der Waals surface area contributed by atoms with Crippen LogP contribution in [0, 0.1) is 5.41 Å². The van der Waals surface area contributed by atoms with Crippen LogP contribution in [0.15, 0.2) is 54.6 Å². The van der Waals surface area contributed by atoms with Gasteiger partial charge in [0, 0.05) is 30.5 Å². The average Bonchev–Trinajstić information content (AvgIpc) is 2.90. The summed E-state index contributed by atoms with van der Waals surface area (Å²) in [7, 11) is 0. The Balaban J connectivity index is 2.13. The van der Waals surface area contributed by atoms with Crippen molar-refractivity contribution in [2.45, 2.75) is 84.1 Å². The van der Waals surface area contributed by atoms with Crippen molar-refractivity contribution in [2.24, 2.45) is 5.73 Å². The maximum Gasteiger partial charge on any atom is 0.329 e. The second kappa shape index (κ2) is 15.6. The summed E-state index contributed by atoms with van der Waals surface area (Å²) in [5, 5.41) is 15.2. The number of ether oxygens (including phenoxy) is 2. The number of rotatable bonds is 13. The predicted octanol–water partition coefficient (Wildman–Crippen LogP) is 2.38. The molecule has 12 nitrogen and oxygen atoms in total. The highest BCUT2D eigenvalue weighted by Crippen LogP contribution is 2.13. The zero-order valence-corrected chi connectivity index (χ0v) is 26.1. The molecule has 0 aliphatic carbocycles. The van der Waals surface area contributed by atoms with Crippen LogP contribution in [0.5, 0.6) is 0 Å². The van der Waals surface area contributed by atoms with Crippen LogP contribution >= 0.6 is 0 Å². The van der Waals surface area contributed by atoms with Crippen molar-refractivity contribution in [1.82, 2.24) is 16.0 Å². The lowest BCUT2D eigenvalue weighted by atomic mass is 10.0. The van der Waals surface area contributed by atoms with E-state index < -0.39 is 59.4 Å². The van der Waals surface area contributed by atoms with Crippen LogP contribution < -0.4 is 21.7 Å². The van der Waals surface area contributed by atoms with E-state index in [1.807, 2.05) is 6.07 Å². The van der Waals surface area contributed by atoms with Crippen molar-refractivity contribution in [3.63, 3.8) is 0 Å². The van der Waals surface area contributed by atoms with E-state index in [-0.39, 0.29) is 25.2 Å². The molecule has 3 amide bonds. The van der Waals surface area contributed by atoms with Gasteiger partial charge in [-0.25, -0.2) is 4.79 Å². The van der Waals surface area contributed by atoms with Gasteiger partial charge in [0.05, 0.1) is 6.42 Å². The Morgan fingerprint density at radius 2 is 1.36 bits per heavy atom. The van der Waals surface area contributed by atoms with E-state index in [1.165, 1.54) is 24.3 Å². The number of hydrogen-bond donors (Lipinski definition) is 5. The highest BCUT2D eigenvalue weighted by molar-refractivity contribution is 5.98. The van der Waals surface area contributed by atoms with Crippen LogP contribution in [0.1, 0.15) is 75.9 Å². The summed E-state index contributed by atoms with van der Waals surface area (Å²) in [6, 6.07) is 12.6. The van der Waals surface area contributed by atoms with Crippen LogP contribution in [-0.4, -0.2) is 65.3 Å². The van der Waals surface area contributed by atoms with Gasteiger partial charge in [-0.3, -0.25) is 24.6 Å². The molecule has 0 saturated carbocycles. The lowest BCUT2D eigenvalue weighted by Crippen LogP contribution is -2.54. The quantitative estimate of drug-likeness (QED) is 0.130. The lowest BCUT2D eigenvalue weighted by Gasteiger charge is -2.27. The van der Waals surface area contributed by atoms with Crippen molar-refractivity contribution in [2.75, 3.05) is 6.54 Å². The first-order valence-electron chi connectivity index (χ1n) is 14.2. The molecule has 0 aliphatic heterocycles. The lowest BCUT2D eigenvalue weighted by molar-refractivity contribution is -0.159. The van der Waals surface area contributed by atoms with E-state index in [9.17, 15) is 24.0 Å². The Morgan fingerprint density at radius 1 is 0.795 bits per heavy atom. The number of amides is 3. The maximum atomic E-state index is 13.5. The fraction of sp³-hybridized carbons (Fsp3) is 0.438. The SMILES string of the molecule is CC(C)(C)OC(=O)C[C@H](NC(=O)CCNC(=O)c1ccc(C(=N)N)cc1)C(=O)N[C@@H](Cc1ccccc1)C(=O)OC(C)(C)C. The molecular weight excluding hydrogens is 566 g/mol. The molecule has 0 aliphatic rings. The van der Waals surface area contributed by atoms with Gasteiger partial charge in [0.25, 0.3) is 5.91 Å². The molecule has 2 atom stereocenters. The van der Waals surface area contributed by atoms with E-state index in [2.05, 4.69) is 16.0 Å². The number of nitrogens with two attached hydrogens (primary N) is 1. The summed E-state index contributed by atoms with van der Waals surface area (Å²) in [4.78, 5) is 64.5. The van der Waals surface area contributed by atoms with Crippen LogP contribution in [0.25, 0.3) is 0 Å². The fourth-order valence-electron chi connectivity index (χ4n) is 3.91. The van der Waals surface area contributed by atoms with Crippen molar-refractivity contribution in [3.05, 3.63) is 71.3 Å². The third-order valence-electron chi connectivity index (χ3n) is 5.83. The third kappa shape index (κ3) is 13.1. The van der Waals surface area contributed by atoms with Crippen LogP contribution in [-0.2, 0) is 35.1 Å². The maximum absolute atomic E-state index is 13.5. The first-order valence-corrected chi connectivity index (χ1v) is 14.2. The molecule has 44 heavy (non-hydrogen) atoms. The summed E-state index contributed by atoms with van der Waals surface area (Å²) < 4.78 is 10.9. The number of amidine groups is 1. The van der Waals surface area contributed by atoms with Gasteiger partial charge in [-0.15, -0.1) is 0 Å². The van der Waals surface area contributed by atoms with E-state index in [1.54, 1.807) is 65.8 Å². The molecule has 0 radical (unpaired) electrons. The number of benzene rings is 2. The minimum Gasteiger partial charge on any atom is -0.460 e. The predicted molar refractivity (Wildman–Crippen MR) is 165 cm³/mol. The standard InChI is InChI=1S/C32H43N5O7/c1-31(2,3)43-26(39)19-23(36-25(38)16-17-35-28(40)22-14-12-21(13-15-22)27(33)34)29(41)37-24(30(42)44-32(4,5)6)18-20-10-8-7-9-11-20/h7-15,23-24H,16-19H2,1-6H3,(H3,33,34)(H,35,40)(H,36,38)(H,37,41)/t23-,24-/m0/s1. The smallest absolute Gasteiger partial charge is 0.329 e.